The van der Waals surface area contributed by atoms with E-state index in [1.807, 2.05) is 71.0 Å². The summed E-state index contributed by atoms with van der Waals surface area (Å²) in [4.78, 5) is 9.28. The molecule has 0 radical (unpaired) electrons. The van der Waals surface area contributed by atoms with Crippen LogP contribution in [0.1, 0.15) is 40.3 Å². The Kier molecular flexibility index (Phi) is 5.01. The molecular weight excluding hydrogens is 298 g/mol. The Labute approximate surface area is 133 Å². The van der Waals surface area contributed by atoms with Crippen LogP contribution < -0.4 is 0 Å². The van der Waals surface area contributed by atoms with Crippen molar-refractivity contribution < 1.29 is 13.6 Å². The van der Waals surface area contributed by atoms with Crippen LogP contribution in [-0.2, 0) is 10.1 Å². The fourth-order valence-electron chi connectivity index (χ4n) is 3.09. The molecule has 0 saturated carbocycles. The topological polar surface area (TPSA) is 29.5 Å². The van der Waals surface area contributed by atoms with E-state index in [-0.39, 0.29) is 0 Å². The number of aryl methyl sites for hydroxylation is 4. The van der Waals surface area contributed by atoms with Crippen molar-refractivity contribution >= 4 is 8.69 Å². The third-order valence-electron chi connectivity index (χ3n) is 4.05. The first kappa shape index (κ1) is 17.1. The van der Waals surface area contributed by atoms with Gasteiger partial charge in [-0.1, -0.05) is 47.5 Å². The van der Waals surface area contributed by atoms with Gasteiger partial charge < -0.3 is 4.89 Å². The van der Waals surface area contributed by atoms with Gasteiger partial charge in [-0.2, -0.15) is 4.20 Å². The van der Waals surface area contributed by atoms with Crippen LogP contribution in [0.2, 0.25) is 0 Å². The summed E-state index contributed by atoms with van der Waals surface area (Å²) >= 11 is 0. The molecule has 0 fully saturated rings. The molecule has 2 nitrogen and oxygen atoms in total. The molecule has 1 atom stereocenters. The minimum Gasteiger partial charge on any atom is -0.325 e. The maximum atomic E-state index is 13.4. The highest BCUT2D eigenvalue weighted by atomic mass is 31.2. The average Bonchev–Trinajstić information content (AvgIpc) is 2.36. The molecule has 0 bridgehead atoms. The summed E-state index contributed by atoms with van der Waals surface area (Å²) in [5.41, 5.74) is 5.00. The summed E-state index contributed by atoms with van der Waals surface area (Å²) in [5.74, 6) is 0. The molecule has 2 aromatic carbocycles. The summed E-state index contributed by atoms with van der Waals surface area (Å²) in [6, 6.07) is 11.9. The number of benzene rings is 2. The Morgan fingerprint density at radius 2 is 1.32 bits per heavy atom. The smallest absolute Gasteiger partial charge is 0.325 e. The van der Waals surface area contributed by atoms with Crippen molar-refractivity contribution in [3.8, 4) is 0 Å². The number of rotatable bonds is 4. The van der Waals surface area contributed by atoms with Crippen molar-refractivity contribution in [2.75, 3.05) is 0 Å². The predicted molar refractivity (Wildman–Crippen MR) is 89.6 cm³/mol. The van der Waals surface area contributed by atoms with Crippen molar-refractivity contribution in [1.82, 2.24) is 0 Å². The van der Waals surface area contributed by atoms with Crippen LogP contribution in [-0.4, -0.2) is 4.89 Å². The van der Waals surface area contributed by atoms with Gasteiger partial charge in [-0.05, 0) is 56.9 Å². The third kappa shape index (κ3) is 3.38. The molecule has 4 heteroatoms. The van der Waals surface area contributed by atoms with Gasteiger partial charge >= 0.3 is 8.69 Å². The van der Waals surface area contributed by atoms with E-state index in [9.17, 15) is 9.09 Å². The highest BCUT2D eigenvalue weighted by Crippen LogP contribution is 2.48. The van der Waals surface area contributed by atoms with Crippen LogP contribution in [0.5, 0.6) is 0 Å². The minimum atomic E-state index is -2.98. The molecule has 0 aliphatic heterocycles. The second kappa shape index (κ2) is 6.45. The van der Waals surface area contributed by atoms with Crippen molar-refractivity contribution in [3.05, 3.63) is 69.8 Å². The van der Waals surface area contributed by atoms with Crippen molar-refractivity contribution in [2.45, 2.75) is 40.2 Å². The average molecular weight is 320 g/mol. The fourth-order valence-corrected chi connectivity index (χ4v) is 3.59. The molecule has 0 saturated heterocycles. The highest BCUT2D eigenvalue weighted by molar-refractivity contribution is 7.40. The summed E-state index contributed by atoms with van der Waals surface area (Å²) in [6.07, 6.45) is 0. The summed E-state index contributed by atoms with van der Waals surface area (Å²) in [6.45, 7) is 9.80. The van der Waals surface area contributed by atoms with Gasteiger partial charge in [0.05, 0.1) is 0 Å². The SMILES string of the molecule is Cc1ccc(C(C)(OP(O)F)c2ccc(C)cc2C)c(C)c1. The molecule has 22 heavy (non-hydrogen) atoms. The Morgan fingerprint density at radius 3 is 1.64 bits per heavy atom. The molecular formula is C18H22FO2P. The zero-order valence-electron chi connectivity index (χ0n) is 13.6. The van der Waals surface area contributed by atoms with Crippen molar-refractivity contribution in [3.63, 3.8) is 0 Å². The van der Waals surface area contributed by atoms with Crippen LogP contribution >= 0.6 is 8.69 Å². The maximum Gasteiger partial charge on any atom is 0.373 e. The van der Waals surface area contributed by atoms with Crippen LogP contribution in [0.3, 0.4) is 0 Å². The van der Waals surface area contributed by atoms with Crippen molar-refractivity contribution in [1.29, 1.82) is 0 Å². The fraction of sp³-hybridized carbons (Fsp3) is 0.333. The number of hydrogen-bond donors (Lipinski definition) is 1. The predicted octanol–water partition coefficient (Wildman–Crippen LogP) is 5.39. The third-order valence-corrected chi connectivity index (χ3v) is 4.57. The lowest BCUT2D eigenvalue weighted by Crippen LogP contribution is -2.27. The van der Waals surface area contributed by atoms with E-state index in [1.54, 1.807) is 0 Å². The molecule has 0 aliphatic rings. The van der Waals surface area contributed by atoms with E-state index in [4.69, 9.17) is 4.52 Å². The van der Waals surface area contributed by atoms with Crippen LogP contribution in [0.25, 0.3) is 0 Å². The van der Waals surface area contributed by atoms with E-state index >= 15 is 0 Å². The molecule has 0 aromatic heterocycles. The highest BCUT2D eigenvalue weighted by Gasteiger charge is 2.36. The van der Waals surface area contributed by atoms with Gasteiger partial charge in [0.1, 0.15) is 5.60 Å². The summed E-state index contributed by atoms with van der Waals surface area (Å²) in [5, 5.41) is 0. The molecule has 118 valence electrons. The van der Waals surface area contributed by atoms with Gasteiger partial charge in [0, 0.05) is 0 Å². The second-order valence-electron chi connectivity index (χ2n) is 5.99. The molecule has 2 aromatic rings. The van der Waals surface area contributed by atoms with E-state index < -0.39 is 14.3 Å². The van der Waals surface area contributed by atoms with E-state index in [1.165, 1.54) is 0 Å². The Balaban J connectivity index is 2.66. The first-order chi connectivity index (χ1) is 10.2. The molecule has 2 rings (SSSR count). The lowest BCUT2D eigenvalue weighted by molar-refractivity contribution is 0.120. The van der Waals surface area contributed by atoms with Crippen LogP contribution in [0.4, 0.5) is 4.20 Å². The normalized spacial score (nSPS) is 13.2. The molecule has 0 amide bonds. The monoisotopic (exact) mass is 320 g/mol. The van der Waals surface area contributed by atoms with Crippen molar-refractivity contribution in [2.24, 2.45) is 0 Å². The van der Waals surface area contributed by atoms with Crippen LogP contribution in [0, 0.1) is 27.7 Å². The Bertz CT molecular complexity index is 631. The number of hydrogen-bond acceptors (Lipinski definition) is 2. The Morgan fingerprint density at radius 1 is 0.909 bits per heavy atom. The van der Waals surface area contributed by atoms with Gasteiger partial charge in [0.2, 0.25) is 0 Å². The van der Waals surface area contributed by atoms with Gasteiger partial charge in [0.15, 0.2) is 0 Å². The molecule has 0 aliphatic carbocycles. The van der Waals surface area contributed by atoms with Gasteiger partial charge in [-0.15, -0.1) is 0 Å². The minimum absolute atomic E-state index is 0.865. The molecule has 1 N–H and O–H groups in total. The van der Waals surface area contributed by atoms with E-state index in [0.717, 1.165) is 33.4 Å². The summed E-state index contributed by atoms with van der Waals surface area (Å²) < 4.78 is 18.8. The van der Waals surface area contributed by atoms with E-state index in [0.29, 0.717) is 0 Å². The lowest BCUT2D eigenvalue weighted by atomic mass is 9.82. The van der Waals surface area contributed by atoms with E-state index in [2.05, 4.69) is 0 Å². The number of halogens is 1. The molecule has 0 heterocycles. The quantitative estimate of drug-likeness (QED) is 0.765. The lowest BCUT2D eigenvalue weighted by Gasteiger charge is -2.33. The molecule has 0 spiro atoms. The van der Waals surface area contributed by atoms with Gasteiger partial charge in [0.25, 0.3) is 0 Å². The first-order valence-corrected chi connectivity index (χ1v) is 8.34. The maximum absolute atomic E-state index is 13.4. The zero-order valence-corrected chi connectivity index (χ0v) is 14.5. The van der Waals surface area contributed by atoms with Gasteiger partial charge in [-0.25, -0.2) is 0 Å². The van der Waals surface area contributed by atoms with Gasteiger partial charge in [-0.3, -0.25) is 4.52 Å². The first-order valence-electron chi connectivity index (χ1n) is 7.23. The standard InChI is InChI=1S/C18H22FO2P/c1-12-6-8-16(14(3)10-12)18(5,21-22(19)20)17-9-7-13(2)11-15(17)4/h6-11,20H,1-5H3. The molecule has 1 unspecified atom stereocenters. The van der Waals surface area contributed by atoms with Crippen LogP contribution in [0.15, 0.2) is 36.4 Å². The largest absolute Gasteiger partial charge is 0.373 e. The Hall–Kier alpha value is -1.28. The second-order valence-corrected chi connectivity index (χ2v) is 6.62. The summed E-state index contributed by atoms with van der Waals surface area (Å²) in [7, 11) is -2.98. The zero-order chi connectivity index (χ0) is 16.5.